The summed E-state index contributed by atoms with van der Waals surface area (Å²) in [5.74, 6) is 0. The molecule has 1 aromatic rings. The molecule has 0 saturated heterocycles. The minimum atomic E-state index is -4.26. The number of halogens is 3. The summed E-state index contributed by atoms with van der Waals surface area (Å²) in [6.07, 6.45) is -3.50. The van der Waals surface area contributed by atoms with Gasteiger partial charge in [-0.1, -0.05) is 24.3 Å². The van der Waals surface area contributed by atoms with Gasteiger partial charge in [-0.25, -0.2) is 0 Å². The topological polar surface area (TPSA) is 47.3 Å². The van der Waals surface area contributed by atoms with Gasteiger partial charge in [-0.3, -0.25) is 0 Å². The molecule has 2 atom stereocenters. The highest BCUT2D eigenvalue weighted by Crippen LogP contribution is 2.36. The minimum absolute atomic E-state index is 0.00945. The summed E-state index contributed by atoms with van der Waals surface area (Å²) in [7, 11) is 0. The zero-order valence-corrected chi connectivity index (χ0v) is 10.4. The van der Waals surface area contributed by atoms with Crippen LogP contribution in [0.25, 0.3) is 0 Å². The van der Waals surface area contributed by atoms with Crippen LogP contribution < -0.4 is 11.1 Å². The molecule has 2 rings (SSSR count). The van der Waals surface area contributed by atoms with Crippen molar-refractivity contribution in [2.24, 2.45) is 5.73 Å². The Morgan fingerprint density at radius 2 is 1.95 bits per heavy atom. The van der Waals surface area contributed by atoms with Crippen LogP contribution >= 0.6 is 0 Å². The summed E-state index contributed by atoms with van der Waals surface area (Å²) in [4.78, 5) is 0. The van der Waals surface area contributed by atoms with Crippen molar-refractivity contribution in [2.45, 2.75) is 24.7 Å². The van der Waals surface area contributed by atoms with Crippen LogP contribution in [-0.2, 0) is 4.74 Å². The maximum Gasteiger partial charge on any atom is 0.411 e. The second kappa shape index (κ2) is 5.90. The third-order valence-corrected chi connectivity index (χ3v) is 3.16. The Morgan fingerprint density at radius 1 is 1.26 bits per heavy atom. The third-order valence-electron chi connectivity index (χ3n) is 3.16. The quantitative estimate of drug-likeness (QED) is 0.810. The Bertz CT molecular complexity index is 423. The number of hydrogen-bond acceptors (Lipinski definition) is 3. The van der Waals surface area contributed by atoms with Gasteiger partial charge >= 0.3 is 6.18 Å². The molecule has 0 spiro atoms. The van der Waals surface area contributed by atoms with Crippen LogP contribution in [0.3, 0.4) is 0 Å². The summed E-state index contributed by atoms with van der Waals surface area (Å²) in [5.41, 5.74) is 8.24. The monoisotopic (exact) mass is 274 g/mol. The molecule has 3 nitrogen and oxygen atoms in total. The van der Waals surface area contributed by atoms with Gasteiger partial charge in [0.15, 0.2) is 0 Å². The van der Waals surface area contributed by atoms with Crippen molar-refractivity contribution in [3.8, 4) is 0 Å². The summed E-state index contributed by atoms with van der Waals surface area (Å²) < 4.78 is 40.2. The van der Waals surface area contributed by atoms with Gasteiger partial charge in [0.25, 0.3) is 0 Å². The van der Waals surface area contributed by atoms with E-state index in [0.717, 1.165) is 17.5 Å². The number of nitrogens with one attached hydrogen (secondary N) is 1. The molecular weight excluding hydrogens is 257 g/mol. The molecule has 0 amide bonds. The minimum Gasteiger partial charge on any atom is -0.371 e. The van der Waals surface area contributed by atoms with Crippen LogP contribution in [0.15, 0.2) is 24.3 Å². The summed E-state index contributed by atoms with van der Waals surface area (Å²) in [6.45, 7) is -0.787. The van der Waals surface area contributed by atoms with Crippen LogP contribution in [0.2, 0.25) is 0 Å². The predicted octanol–water partition coefficient (Wildman–Crippen LogP) is 2.30. The first-order valence-corrected chi connectivity index (χ1v) is 6.19. The van der Waals surface area contributed by atoms with Gasteiger partial charge in [-0.15, -0.1) is 0 Å². The fraction of sp³-hybridized carbons (Fsp3) is 0.538. The summed E-state index contributed by atoms with van der Waals surface area (Å²) in [6, 6.07) is 7.95. The van der Waals surface area contributed by atoms with Gasteiger partial charge in [0, 0.05) is 18.6 Å². The fourth-order valence-corrected chi connectivity index (χ4v) is 2.36. The van der Waals surface area contributed by atoms with E-state index in [0.29, 0.717) is 6.54 Å². The van der Waals surface area contributed by atoms with E-state index in [1.54, 1.807) is 0 Å². The molecule has 0 fully saturated rings. The molecule has 0 bridgehead atoms. The summed E-state index contributed by atoms with van der Waals surface area (Å²) >= 11 is 0. The first-order chi connectivity index (χ1) is 8.97. The van der Waals surface area contributed by atoms with Crippen molar-refractivity contribution in [1.82, 2.24) is 5.32 Å². The highest BCUT2D eigenvalue weighted by molar-refractivity contribution is 5.37. The fourth-order valence-electron chi connectivity index (χ4n) is 2.36. The van der Waals surface area contributed by atoms with E-state index in [1.807, 2.05) is 24.3 Å². The number of hydrogen-bond donors (Lipinski definition) is 2. The number of rotatable bonds is 5. The first-order valence-electron chi connectivity index (χ1n) is 6.19. The lowest BCUT2D eigenvalue weighted by Crippen LogP contribution is -2.26. The van der Waals surface area contributed by atoms with Crippen molar-refractivity contribution < 1.29 is 17.9 Å². The van der Waals surface area contributed by atoms with Crippen molar-refractivity contribution >= 4 is 0 Å². The molecule has 1 aliphatic carbocycles. The molecule has 1 aromatic carbocycles. The Balaban J connectivity index is 1.76. The average molecular weight is 274 g/mol. The maximum absolute atomic E-state index is 11.9. The van der Waals surface area contributed by atoms with Crippen LogP contribution in [0.5, 0.6) is 0 Å². The maximum atomic E-state index is 11.9. The molecule has 3 N–H and O–H groups in total. The zero-order chi connectivity index (χ0) is 13.9. The van der Waals surface area contributed by atoms with E-state index in [2.05, 4.69) is 10.1 Å². The molecule has 2 unspecified atom stereocenters. The second-order valence-electron chi connectivity index (χ2n) is 4.65. The number of benzene rings is 1. The molecule has 6 heteroatoms. The van der Waals surface area contributed by atoms with Gasteiger partial charge in [-0.2, -0.15) is 13.2 Å². The van der Waals surface area contributed by atoms with E-state index < -0.39 is 12.8 Å². The van der Waals surface area contributed by atoms with Crippen molar-refractivity contribution in [3.63, 3.8) is 0 Å². The lowest BCUT2D eigenvalue weighted by Gasteiger charge is -2.14. The molecular formula is C13H17F3N2O. The first kappa shape index (κ1) is 14.3. The van der Waals surface area contributed by atoms with E-state index >= 15 is 0 Å². The zero-order valence-electron chi connectivity index (χ0n) is 10.4. The van der Waals surface area contributed by atoms with Gasteiger partial charge in [0.05, 0.1) is 6.61 Å². The van der Waals surface area contributed by atoms with Gasteiger partial charge in [0.2, 0.25) is 0 Å². The Hall–Kier alpha value is -1.11. The second-order valence-corrected chi connectivity index (χ2v) is 4.65. The Morgan fingerprint density at radius 3 is 2.63 bits per heavy atom. The molecule has 0 heterocycles. The largest absolute Gasteiger partial charge is 0.411 e. The lowest BCUT2D eigenvalue weighted by atomic mass is 10.1. The normalized spacial score (nSPS) is 22.5. The molecule has 0 aromatic heterocycles. The van der Waals surface area contributed by atoms with E-state index in [4.69, 9.17) is 5.73 Å². The van der Waals surface area contributed by atoms with E-state index in [1.165, 1.54) is 0 Å². The van der Waals surface area contributed by atoms with Crippen LogP contribution in [0.4, 0.5) is 13.2 Å². The average Bonchev–Trinajstić information content (AvgIpc) is 2.65. The molecule has 19 heavy (non-hydrogen) atoms. The number of nitrogens with two attached hydrogens (primary N) is 1. The SMILES string of the molecule is NC1CC(NCCOCC(F)(F)F)c2ccccc21. The molecule has 1 aliphatic rings. The van der Waals surface area contributed by atoms with Gasteiger partial charge < -0.3 is 15.8 Å². The Kier molecular flexibility index (Phi) is 4.44. The molecule has 0 radical (unpaired) electrons. The number of fused-ring (bicyclic) bond motifs is 1. The van der Waals surface area contributed by atoms with E-state index in [9.17, 15) is 13.2 Å². The molecule has 106 valence electrons. The third kappa shape index (κ3) is 3.92. The van der Waals surface area contributed by atoms with Crippen LogP contribution in [-0.4, -0.2) is 25.9 Å². The van der Waals surface area contributed by atoms with Crippen molar-refractivity contribution in [3.05, 3.63) is 35.4 Å². The predicted molar refractivity (Wildman–Crippen MR) is 65.6 cm³/mol. The Labute approximate surface area is 109 Å². The standard InChI is InChI=1S/C13H17F3N2O/c14-13(15,16)8-19-6-5-18-12-7-11(17)9-3-1-2-4-10(9)12/h1-4,11-12,18H,5-8,17H2. The van der Waals surface area contributed by atoms with Crippen molar-refractivity contribution in [1.29, 1.82) is 0 Å². The summed E-state index contributed by atoms with van der Waals surface area (Å²) in [5, 5.41) is 3.18. The number of alkyl halides is 3. The molecule has 0 aliphatic heterocycles. The number of ether oxygens (including phenoxy) is 1. The molecule has 0 saturated carbocycles. The van der Waals surface area contributed by atoms with Crippen LogP contribution in [0.1, 0.15) is 29.6 Å². The van der Waals surface area contributed by atoms with Crippen LogP contribution in [0, 0.1) is 0 Å². The van der Waals surface area contributed by atoms with Gasteiger partial charge in [0.1, 0.15) is 6.61 Å². The van der Waals surface area contributed by atoms with Gasteiger partial charge in [-0.05, 0) is 17.5 Å². The smallest absolute Gasteiger partial charge is 0.371 e. The highest BCUT2D eigenvalue weighted by Gasteiger charge is 2.28. The van der Waals surface area contributed by atoms with E-state index in [-0.39, 0.29) is 18.7 Å². The highest BCUT2D eigenvalue weighted by atomic mass is 19.4. The lowest BCUT2D eigenvalue weighted by molar-refractivity contribution is -0.173. The van der Waals surface area contributed by atoms with Crippen molar-refractivity contribution in [2.75, 3.05) is 19.8 Å².